The highest BCUT2D eigenvalue weighted by atomic mass is 32.2. The van der Waals surface area contributed by atoms with Crippen molar-refractivity contribution < 1.29 is 9.21 Å². The standard InChI is InChI=1S/C24H16N4O2S2/c29-22(28-18-9-3-5-11-20(18)32-21-12-6-4-10-19(21)28)14-31-24-27-26-23(30-24)16-13-25-17-8-2-1-7-15(16)17/h1-13,25H,14H2. The van der Waals surface area contributed by atoms with Crippen molar-refractivity contribution >= 4 is 51.7 Å². The molecule has 32 heavy (non-hydrogen) atoms. The van der Waals surface area contributed by atoms with Crippen molar-refractivity contribution in [2.45, 2.75) is 15.0 Å². The van der Waals surface area contributed by atoms with E-state index in [9.17, 15) is 4.79 Å². The lowest BCUT2D eigenvalue weighted by Gasteiger charge is -2.30. The molecule has 6 nitrogen and oxygen atoms in total. The molecule has 3 aromatic carbocycles. The molecule has 6 rings (SSSR count). The van der Waals surface area contributed by atoms with Crippen molar-refractivity contribution in [1.29, 1.82) is 0 Å². The summed E-state index contributed by atoms with van der Waals surface area (Å²) in [4.78, 5) is 20.4. The number of carbonyl (C=O) groups excluding carboxylic acids is 1. The molecule has 1 amide bonds. The number of carbonyl (C=O) groups is 1. The number of nitrogens with zero attached hydrogens (tertiary/aromatic N) is 3. The van der Waals surface area contributed by atoms with Crippen LogP contribution in [0.5, 0.6) is 0 Å². The van der Waals surface area contributed by atoms with Crippen LogP contribution in [0.2, 0.25) is 0 Å². The third-order valence-electron chi connectivity index (χ3n) is 5.23. The molecule has 1 aliphatic rings. The van der Waals surface area contributed by atoms with E-state index in [0.717, 1.165) is 37.6 Å². The van der Waals surface area contributed by atoms with E-state index in [4.69, 9.17) is 4.42 Å². The number of fused-ring (bicyclic) bond motifs is 3. The maximum atomic E-state index is 13.3. The highest BCUT2D eigenvalue weighted by Gasteiger charge is 2.28. The Morgan fingerprint density at radius 2 is 1.62 bits per heavy atom. The predicted molar refractivity (Wildman–Crippen MR) is 126 cm³/mol. The Kier molecular flexibility index (Phi) is 4.74. The number of nitrogens with one attached hydrogen (secondary N) is 1. The predicted octanol–water partition coefficient (Wildman–Crippen LogP) is 6.14. The molecular formula is C24H16N4O2S2. The minimum atomic E-state index is -0.0398. The van der Waals surface area contributed by atoms with E-state index in [-0.39, 0.29) is 11.7 Å². The van der Waals surface area contributed by atoms with Gasteiger partial charge in [0, 0.05) is 26.9 Å². The number of aromatic amines is 1. The minimum absolute atomic E-state index is 0.0398. The van der Waals surface area contributed by atoms with E-state index < -0.39 is 0 Å². The Hall–Kier alpha value is -3.49. The van der Waals surface area contributed by atoms with Gasteiger partial charge in [0.15, 0.2) is 0 Å². The van der Waals surface area contributed by atoms with E-state index in [1.807, 2.05) is 79.0 Å². The Bertz CT molecular complexity index is 1410. The summed E-state index contributed by atoms with van der Waals surface area (Å²) in [5.41, 5.74) is 3.64. The molecule has 1 aliphatic heterocycles. The van der Waals surface area contributed by atoms with E-state index in [1.54, 1.807) is 16.7 Å². The second-order valence-corrected chi connectivity index (χ2v) is 9.19. The molecule has 8 heteroatoms. The lowest BCUT2D eigenvalue weighted by atomic mass is 10.2. The number of hydrogen-bond donors (Lipinski definition) is 1. The van der Waals surface area contributed by atoms with Crippen molar-refractivity contribution in [3.63, 3.8) is 0 Å². The summed E-state index contributed by atoms with van der Waals surface area (Å²) < 4.78 is 5.86. The van der Waals surface area contributed by atoms with Crippen molar-refractivity contribution in [2.24, 2.45) is 0 Å². The summed E-state index contributed by atoms with van der Waals surface area (Å²) in [5.74, 6) is 0.576. The third-order valence-corrected chi connectivity index (χ3v) is 7.16. The van der Waals surface area contributed by atoms with Gasteiger partial charge in [-0.3, -0.25) is 9.69 Å². The molecule has 156 valence electrons. The molecule has 0 spiro atoms. The van der Waals surface area contributed by atoms with Gasteiger partial charge in [-0.2, -0.15) is 0 Å². The first-order chi connectivity index (χ1) is 15.8. The van der Waals surface area contributed by atoms with E-state index >= 15 is 0 Å². The minimum Gasteiger partial charge on any atom is -0.411 e. The summed E-state index contributed by atoms with van der Waals surface area (Å²) in [6.07, 6.45) is 1.86. The molecule has 3 heterocycles. The Morgan fingerprint density at radius 3 is 2.41 bits per heavy atom. The monoisotopic (exact) mass is 456 g/mol. The van der Waals surface area contributed by atoms with Crippen LogP contribution in [-0.2, 0) is 4.79 Å². The second kappa shape index (κ2) is 7.89. The molecule has 0 fully saturated rings. The van der Waals surface area contributed by atoms with Gasteiger partial charge < -0.3 is 9.40 Å². The van der Waals surface area contributed by atoms with Gasteiger partial charge in [0.1, 0.15) is 0 Å². The van der Waals surface area contributed by atoms with Gasteiger partial charge in [-0.1, -0.05) is 66.0 Å². The molecule has 0 saturated heterocycles. The van der Waals surface area contributed by atoms with Crippen LogP contribution < -0.4 is 4.90 Å². The van der Waals surface area contributed by atoms with Gasteiger partial charge in [-0.15, -0.1) is 10.2 Å². The number of aromatic nitrogens is 3. The van der Waals surface area contributed by atoms with Gasteiger partial charge in [0.25, 0.3) is 11.1 Å². The summed E-state index contributed by atoms with van der Waals surface area (Å²) in [6.45, 7) is 0. The van der Waals surface area contributed by atoms with Crippen LogP contribution in [0, 0.1) is 0 Å². The van der Waals surface area contributed by atoms with Crippen LogP contribution in [0.1, 0.15) is 0 Å². The zero-order valence-electron chi connectivity index (χ0n) is 16.7. The van der Waals surface area contributed by atoms with Crippen molar-refractivity contribution in [2.75, 3.05) is 10.7 Å². The molecule has 0 atom stereocenters. The van der Waals surface area contributed by atoms with Crippen molar-refractivity contribution in [3.8, 4) is 11.5 Å². The lowest BCUT2D eigenvalue weighted by Crippen LogP contribution is -2.29. The van der Waals surface area contributed by atoms with Crippen LogP contribution in [0.25, 0.3) is 22.4 Å². The quantitative estimate of drug-likeness (QED) is 0.328. The van der Waals surface area contributed by atoms with Crippen LogP contribution >= 0.6 is 23.5 Å². The summed E-state index contributed by atoms with van der Waals surface area (Å²) in [6, 6.07) is 23.8. The fraction of sp³-hybridized carbons (Fsp3) is 0.0417. The zero-order valence-corrected chi connectivity index (χ0v) is 18.3. The highest BCUT2D eigenvalue weighted by molar-refractivity contribution is 8.00. The maximum absolute atomic E-state index is 13.3. The smallest absolute Gasteiger partial charge is 0.277 e. The van der Waals surface area contributed by atoms with Gasteiger partial charge in [-0.25, -0.2) is 0 Å². The Labute approximate surface area is 192 Å². The first kappa shape index (κ1) is 19.2. The van der Waals surface area contributed by atoms with Gasteiger partial charge in [0.2, 0.25) is 5.91 Å². The molecule has 2 aromatic heterocycles. The summed E-state index contributed by atoms with van der Waals surface area (Å²) >= 11 is 2.92. The number of rotatable bonds is 4. The highest BCUT2D eigenvalue weighted by Crippen LogP contribution is 2.48. The molecule has 0 saturated carbocycles. The number of anilines is 2. The lowest BCUT2D eigenvalue weighted by molar-refractivity contribution is -0.115. The van der Waals surface area contributed by atoms with Crippen LogP contribution in [0.4, 0.5) is 11.4 Å². The van der Waals surface area contributed by atoms with Gasteiger partial charge >= 0.3 is 0 Å². The summed E-state index contributed by atoms with van der Waals surface area (Å²) in [7, 11) is 0. The largest absolute Gasteiger partial charge is 0.411 e. The molecule has 0 unspecified atom stereocenters. The normalized spacial score (nSPS) is 12.6. The van der Waals surface area contributed by atoms with Crippen molar-refractivity contribution in [1.82, 2.24) is 15.2 Å². The molecule has 0 bridgehead atoms. The Balaban J connectivity index is 1.25. The van der Waals surface area contributed by atoms with E-state index in [2.05, 4.69) is 15.2 Å². The van der Waals surface area contributed by atoms with E-state index in [1.165, 1.54) is 11.8 Å². The third kappa shape index (κ3) is 3.28. The average Bonchev–Trinajstić information content (AvgIpc) is 3.48. The number of benzene rings is 3. The fourth-order valence-corrected chi connectivity index (χ4v) is 5.46. The molecule has 0 radical (unpaired) electrons. The topological polar surface area (TPSA) is 75.0 Å². The SMILES string of the molecule is O=C(CSc1nnc(-c2c[nH]c3ccccc23)o1)N1c2ccccc2Sc2ccccc21. The number of hydrogen-bond acceptors (Lipinski definition) is 6. The first-order valence-corrected chi connectivity index (χ1v) is 11.8. The van der Waals surface area contributed by atoms with Gasteiger partial charge in [0.05, 0.1) is 22.7 Å². The van der Waals surface area contributed by atoms with Gasteiger partial charge in [-0.05, 0) is 30.3 Å². The second-order valence-electron chi connectivity index (χ2n) is 7.18. The van der Waals surface area contributed by atoms with Crippen molar-refractivity contribution in [3.05, 3.63) is 79.0 Å². The summed E-state index contributed by atoms with van der Waals surface area (Å²) in [5, 5.41) is 9.71. The van der Waals surface area contributed by atoms with E-state index in [0.29, 0.717) is 11.1 Å². The average molecular weight is 457 g/mol. The molecule has 1 N–H and O–H groups in total. The van der Waals surface area contributed by atoms with Crippen LogP contribution in [-0.4, -0.2) is 26.8 Å². The first-order valence-electron chi connectivity index (χ1n) is 9.99. The number of thioether (sulfide) groups is 1. The maximum Gasteiger partial charge on any atom is 0.277 e. The zero-order chi connectivity index (χ0) is 21.5. The molecule has 0 aliphatic carbocycles. The van der Waals surface area contributed by atoms with Crippen LogP contribution in [0.15, 0.2) is 98.4 Å². The van der Waals surface area contributed by atoms with Crippen LogP contribution in [0.3, 0.4) is 0 Å². The number of H-pyrrole nitrogens is 1. The molecular weight excluding hydrogens is 440 g/mol. The number of para-hydroxylation sites is 3. The molecule has 5 aromatic rings. The number of amides is 1. The Morgan fingerprint density at radius 1 is 0.938 bits per heavy atom. The fourth-order valence-electron chi connectivity index (χ4n) is 3.79.